The lowest BCUT2D eigenvalue weighted by atomic mass is 10.2. The molecule has 6 nitrogen and oxygen atoms in total. The van der Waals surface area contributed by atoms with E-state index >= 15 is 0 Å². The molecule has 1 saturated heterocycles. The largest absolute Gasteiger partial charge is 0.357 e. The summed E-state index contributed by atoms with van der Waals surface area (Å²) in [5, 5.41) is 3.27. The fraction of sp³-hybridized carbons (Fsp3) is 0.929. The molecule has 0 saturated carbocycles. The van der Waals surface area contributed by atoms with Gasteiger partial charge in [0.1, 0.15) is 0 Å². The van der Waals surface area contributed by atoms with Gasteiger partial charge < -0.3 is 15.1 Å². The molecule has 1 aliphatic rings. The monoisotopic (exact) mass is 446 g/mol. The standard InChI is InChI=1S/C14H30N4O2S.HI/c1-6-15-13(16-8-7-9-17(4)5)18-10-11-21(19,20)14(2,3)12-18;/h6-12H2,1-5H3,(H,15,16);1H. The maximum absolute atomic E-state index is 12.1. The Morgan fingerprint density at radius 3 is 2.50 bits per heavy atom. The Balaban J connectivity index is 0.00000441. The van der Waals surface area contributed by atoms with Crippen molar-refractivity contribution in [2.45, 2.75) is 31.9 Å². The lowest BCUT2D eigenvalue weighted by Gasteiger charge is -2.39. The Labute approximate surface area is 152 Å². The molecule has 132 valence electrons. The van der Waals surface area contributed by atoms with Crippen molar-refractivity contribution in [1.82, 2.24) is 15.1 Å². The van der Waals surface area contributed by atoms with Gasteiger partial charge in [0.2, 0.25) is 0 Å². The fourth-order valence-electron chi connectivity index (χ4n) is 2.32. The zero-order valence-electron chi connectivity index (χ0n) is 14.4. The van der Waals surface area contributed by atoms with E-state index in [0.29, 0.717) is 13.1 Å². The maximum Gasteiger partial charge on any atom is 0.193 e. The second-order valence-corrected chi connectivity index (χ2v) is 9.14. The molecule has 1 N–H and O–H groups in total. The minimum absolute atomic E-state index is 0. The van der Waals surface area contributed by atoms with Gasteiger partial charge in [0.25, 0.3) is 0 Å². The Morgan fingerprint density at radius 2 is 2.00 bits per heavy atom. The fourth-order valence-corrected chi connectivity index (χ4v) is 3.69. The van der Waals surface area contributed by atoms with Gasteiger partial charge in [-0.2, -0.15) is 0 Å². The number of nitrogens with zero attached hydrogens (tertiary/aromatic N) is 3. The highest BCUT2D eigenvalue weighted by atomic mass is 127. The van der Waals surface area contributed by atoms with Crippen molar-refractivity contribution in [3.05, 3.63) is 0 Å². The zero-order valence-corrected chi connectivity index (χ0v) is 17.6. The summed E-state index contributed by atoms with van der Waals surface area (Å²) in [7, 11) is 1.09. The minimum atomic E-state index is -3.01. The molecule has 22 heavy (non-hydrogen) atoms. The van der Waals surface area contributed by atoms with Crippen molar-refractivity contribution >= 4 is 39.8 Å². The number of sulfone groups is 1. The van der Waals surface area contributed by atoms with Gasteiger partial charge in [-0.15, -0.1) is 24.0 Å². The van der Waals surface area contributed by atoms with Crippen LogP contribution >= 0.6 is 24.0 Å². The summed E-state index contributed by atoms with van der Waals surface area (Å²) in [4.78, 5) is 8.84. The van der Waals surface area contributed by atoms with Gasteiger partial charge in [0, 0.05) is 26.2 Å². The average molecular weight is 446 g/mol. The molecule has 1 fully saturated rings. The topological polar surface area (TPSA) is 65.0 Å². The molecule has 1 rings (SSSR count). The molecule has 0 bridgehead atoms. The second kappa shape index (κ2) is 9.27. The molecule has 8 heteroatoms. The summed E-state index contributed by atoms with van der Waals surface area (Å²) in [5.74, 6) is 1.03. The Bertz CT molecular complexity index is 463. The van der Waals surface area contributed by atoms with E-state index in [2.05, 4.69) is 20.1 Å². The van der Waals surface area contributed by atoms with E-state index < -0.39 is 14.6 Å². The van der Waals surface area contributed by atoms with E-state index in [9.17, 15) is 8.42 Å². The summed E-state index contributed by atoms with van der Waals surface area (Å²) in [6.45, 7) is 9.18. The lowest BCUT2D eigenvalue weighted by Crippen LogP contribution is -2.57. The molecular weight excluding hydrogens is 415 g/mol. The van der Waals surface area contributed by atoms with Crippen LogP contribution in [0.2, 0.25) is 0 Å². The van der Waals surface area contributed by atoms with E-state index in [1.54, 1.807) is 13.8 Å². The first kappa shape index (κ1) is 21.9. The van der Waals surface area contributed by atoms with Crippen molar-refractivity contribution < 1.29 is 8.42 Å². The number of guanidine groups is 1. The first-order valence-corrected chi connectivity index (χ1v) is 9.25. The number of hydrogen-bond acceptors (Lipinski definition) is 4. The molecule has 0 aliphatic carbocycles. The number of rotatable bonds is 5. The Kier molecular flexibility index (Phi) is 9.23. The number of nitrogens with one attached hydrogen (secondary N) is 1. The van der Waals surface area contributed by atoms with Gasteiger partial charge in [0.05, 0.1) is 10.5 Å². The van der Waals surface area contributed by atoms with Gasteiger partial charge in [-0.05, 0) is 47.8 Å². The number of aliphatic imine (C=N–C) groups is 1. The molecule has 0 spiro atoms. The number of halogens is 1. The van der Waals surface area contributed by atoms with Crippen LogP contribution in [0.15, 0.2) is 4.99 Å². The van der Waals surface area contributed by atoms with Crippen molar-refractivity contribution in [3.8, 4) is 0 Å². The average Bonchev–Trinajstić information content (AvgIpc) is 2.36. The molecule has 0 aromatic carbocycles. The summed E-state index contributed by atoms with van der Waals surface area (Å²) >= 11 is 0. The highest BCUT2D eigenvalue weighted by molar-refractivity contribution is 14.0. The second-order valence-electron chi connectivity index (χ2n) is 6.39. The molecule has 0 radical (unpaired) electrons. The van der Waals surface area contributed by atoms with Crippen LogP contribution in [0, 0.1) is 0 Å². The van der Waals surface area contributed by atoms with Gasteiger partial charge in [0.15, 0.2) is 15.8 Å². The predicted molar refractivity (Wildman–Crippen MR) is 104 cm³/mol. The quantitative estimate of drug-likeness (QED) is 0.296. The van der Waals surface area contributed by atoms with Crippen molar-refractivity contribution in [2.75, 3.05) is 52.6 Å². The van der Waals surface area contributed by atoms with Crippen LogP contribution in [0.3, 0.4) is 0 Å². The van der Waals surface area contributed by atoms with Crippen molar-refractivity contribution in [2.24, 2.45) is 4.99 Å². The normalized spacial score (nSPS) is 20.6. The third kappa shape index (κ3) is 6.19. The minimum Gasteiger partial charge on any atom is -0.357 e. The van der Waals surface area contributed by atoms with E-state index in [1.165, 1.54) is 0 Å². The summed E-state index contributed by atoms with van der Waals surface area (Å²) in [6.07, 6.45) is 0.997. The van der Waals surface area contributed by atoms with Crippen LogP contribution in [0.5, 0.6) is 0 Å². The van der Waals surface area contributed by atoms with Crippen LogP contribution < -0.4 is 5.32 Å². The van der Waals surface area contributed by atoms with E-state index in [4.69, 9.17) is 0 Å². The Hall–Kier alpha value is -0.0900. The zero-order chi connectivity index (χ0) is 16.1. The first-order valence-electron chi connectivity index (χ1n) is 7.60. The molecule has 1 heterocycles. The van der Waals surface area contributed by atoms with Gasteiger partial charge in [-0.25, -0.2) is 8.42 Å². The molecule has 0 aromatic rings. The Morgan fingerprint density at radius 1 is 1.36 bits per heavy atom. The summed E-state index contributed by atoms with van der Waals surface area (Å²) < 4.78 is 23.4. The van der Waals surface area contributed by atoms with E-state index in [1.807, 2.05) is 21.0 Å². The highest BCUT2D eigenvalue weighted by Crippen LogP contribution is 2.23. The molecule has 0 amide bonds. The van der Waals surface area contributed by atoms with E-state index in [-0.39, 0.29) is 29.7 Å². The lowest BCUT2D eigenvalue weighted by molar-refractivity contribution is 0.352. The van der Waals surface area contributed by atoms with Crippen molar-refractivity contribution in [1.29, 1.82) is 0 Å². The molecular formula is C14H31IN4O2S. The molecule has 1 aliphatic heterocycles. The van der Waals surface area contributed by atoms with Gasteiger partial charge in [-0.3, -0.25) is 4.99 Å². The molecule has 0 unspecified atom stereocenters. The van der Waals surface area contributed by atoms with Gasteiger partial charge >= 0.3 is 0 Å². The van der Waals surface area contributed by atoms with Crippen LogP contribution in [-0.2, 0) is 9.84 Å². The third-order valence-corrected chi connectivity index (χ3v) is 6.24. The third-order valence-electron chi connectivity index (χ3n) is 3.70. The van der Waals surface area contributed by atoms with Crippen LogP contribution in [0.4, 0.5) is 0 Å². The van der Waals surface area contributed by atoms with Crippen LogP contribution in [0.1, 0.15) is 27.2 Å². The van der Waals surface area contributed by atoms with Crippen LogP contribution in [-0.4, -0.2) is 81.5 Å². The molecule has 0 aromatic heterocycles. The summed E-state index contributed by atoms with van der Waals surface area (Å²) in [6, 6.07) is 0. The number of hydrogen-bond donors (Lipinski definition) is 1. The predicted octanol–water partition coefficient (Wildman–Crippen LogP) is 1.03. The van der Waals surface area contributed by atoms with Crippen LogP contribution in [0.25, 0.3) is 0 Å². The molecule has 0 atom stereocenters. The maximum atomic E-state index is 12.1. The summed E-state index contributed by atoms with van der Waals surface area (Å²) in [5.41, 5.74) is 0. The van der Waals surface area contributed by atoms with Crippen molar-refractivity contribution in [3.63, 3.8) is 0 Å². The highest BCUT2D eigenvalue weighted by Gasteiger charge is 2.40. The smallest absolute Gasteiger partial charge is 0.193 e. The van der Waals surface area contributed by atoms with Gasteiger partial charge in [-0.1, -0.05) is 0 Å². The first-order chi connectivity index (χ1) is 9.69. The van der Waals surface area contributed by atoms with E-state index in [0.717, 1.165) is 32.0 Å². The SMILES string of the molecule is CCNC(=NCCCN(C)C)N1CCS(=O)(=O)C(C)(C)C1.I.